The number of anilines is 1. The molecule has 0 aliphatic carbocycles. The van der Waals surface area contributed by atoms with Crippen LogP contribution in [0.2, 0.25) is 0 Å². The molecule has 0 aliphatic heterocycles. The molecule has 1 rings (SSSR count). The Labute approximate surface area is 104 Å². The van der Waals surface area contributed by atoms with Crippen molar-refractivity contribution in [2.75, 3.05) is 19.5 Å². The Morgan fingerprint density at radius 3 is 2.53 bits per heavy atom. The molecule has 0 radical (unpaired) electrons. The zero-order chi connectivity index (χ0) is 12.8. The lowest BCUT2D eigenvalue weighted by Gasteiger charge is -2.19. The van der Waals surface area contributed by atoms with Gasteiger partial charge in [-0.25, -0.2) is 9.97 Å². The molecule has 1 N–H and O–H groups in total. The molecule has 0 saturated heterocycles. The molecule has 0 saturated carbocycles. The van der Waals surface area contributed by atoms with Gasteiger partial charge in [0.2, 0.25) is 0 Å². The second kappa shape index (κ2) is 6.55. The average Bonchev–Trinajstić information content (AvgIpc) is 2.29. The molecule has 0 amide bonds. The first-order valence-electron chi connectivity index (χ1n) is 6.20. The van der Waals surface area contributed by atoms with Crippen LogP contribution in [-0.2, 0) is 11.2 Å². The highest BCUT2D eigenvalue weighted by molar-refractivity contribution is 5.35. The molecule has 1 aromatic rings. The van der Waals surface area contributed by atoms with E-state index in [0.29, 0.717) is 5.92 Å². The van der Waals surface area contributed by atoms with Crippen molar-refractivity contribution in [3.8, 4) is 0 Å². The number of nitrogens with one attached hydrogen (secondary N) is 1. The maximum absolute atomic E-state index is 5.48. The Balaban J connectivity index is 3.08. The van der Waals surface area contributed by atoms with Gasteiger partial charge in [0.15, 0.2) is 5.82 Å². The lowest BCUT2D eigenvalue weighted by atomic mass is 10.1. The number of rotatable bonds is 6. The van der Waals surface area contributed by atoms with Crippen molar-refractivity contribution in [3.63, 3.8) is 0 Å². The predicted octanol–water partition coefficient (Wildman–Crippen LogP) is 2.81. The molecule has 96 valence electrons. The number of aryl methyl sites for hydroxylation is 1. The summed E-state index contributed by atoms with van der Waals surface area (Å²) in [7, 11) is 3.58. The van der Waals surface area contributed by atoms with Gasteiger partial charge in [-0.1, -0.05) is 27.2 Å². The Morgan fingerprint density at radius 1 is 1.35 bits per heavy atom. The van der Waals surface area contributed by atoms with Crippen molar-refractivity contribution < 1.29 is 4.74 Å². The van der Waals surface area contributed by atoms with Crippen LogP contribution in [0.4, 0.5) is 5.82 Å². The first-order valence-corrected chi connectivity index (χ1v) is 6.20. The second-order valence-electron chi connectivity index (χ2n) is 4.50. The Bertz CT molecular complexity index is 353. The Kier molecular flexibility index (Phi) is 5.35. The monoisotopic (exact) mass is 237 g/mol. The average molecular weight is 237 g/mol. The largest absolute Gasteiger partial charge is 0.373 e. The fourth-order valence-corrected chi connectivity index (χ4v) is 1.83. The Hall–Kier alpha value is -1.16. The van der Waals surface area contributed by atoms with Crippen molar-refractivity contribution in [1.29, 1.82) is 0 Å². The summed E-state index contributed by atoms with van der Waals surface area (Å²) in [6, 6.07) is 2.00. The van der Waals surface area contributed by atoms with Crippen LogP contribution in [0.3, 0.4) is 0 Å². The van der Waals surface area contributed by atoms with Gasteiger partial charge in [-0.3, -0.25) is 0 Å². The van der Waals surface area contributed by atoms with E-state index in [1.807, 2.05) is 13.1 Å². The SMILES string of the molecule is CCCc1cc(NC)nc(C(OC)C(C)C)n1. The van der Waals surface area contributed by atoms with E-state index in [4.69, 9.17) is 4.74 Å². The van der Waals surface area contributed by atoms with Gasteiger partial charge < -0.3 is 10.1 Å². The first-order chi connectivity index (χ1) is 8.12. The van der Waals surface area contributed by atoms with Crippen LogP contribution in [0.5, 0.6) is 0 Å². The van der Waals surface area contributed by atoms with E-state index < -0.39 is 0 Å². The molecule has 0 aromatic carbocycles. The minimum absolute atomic E-state index is 0.0427. The van der Waals surface area contributed by atoms with Crippen molar-refractivity contribution >= 4 is 5.82 Å². The zero-order valence-electron chi connectivity index (χ0n) is 11.4. The maximum atomic E-state index is 5.48. The van der Waals surface area contributed by atoms with E-state index in [9.17, 15) is 0 Å². The molecule has 0 fully saturated rings. The molecule has 1 heterocycles. The third-order valence-electron chi connectivity index (χ3n) is 2.67. The van der Waals surface area contributed by atoms with E-state index in [-0.39, 0.29) is 6.10 Å². The maximum Gasteiger partial charge on any atom is 0.159 e. The van der Waals surface area contributed by atoms with Crippen LogP contribution < -0.4 is 5.32 Å². The van der Waals surface area contributed by atoms with Crippen molar-refractivity contribution in [2.24, 2.45) is 5.92 Å². The van der Waals surface area contributed by atoms with Crippen LogP contribution in [0.25, 0.3) is 0 Å². The summed E-state index contributed by atoms with van der Waals surface area (Å²) in [5.41, 5.74) is 1.07. The summed E-state index contributed by atoms with van der Waals surface area (Å²) in [6.07, 6.45) is 2.01. The third kappa shape index (κ3) is 3.66. The number of methoxy groups -OCH3 is 1. The van der Waals surface area contributed by atoms with E-state index in [0.717, 1.165) is 30.2 Å². The van der Waals surface area contributed by atoms with Crippen molar-refractivity contribution in [2.45, 2.75) is 39.7 Å². The normalized spacial score (nSPS) is 12.8. The van der Waals surface area contributed by atoms with E-state index in [1.165, 1.54) is 0 Å². The predicted molar refractivity (Wildman–Crippen MR) is 70.2 cm³/mol. The molecule has 1 unspecified atom stereocenters. The lowest BCUT2D eigenvalue weighted by Crippen LogP contribution is -2.15. The minimum atomic E-state index is -0.0427. The molecule has 4 heteroatoms. The van der Waals surface area contributed by atoms with Gasteiger partial charge in [-0.15, -0.1) is 0 Å². The summed E-state index contributed by atoms with van der Waals surface area (Å²) >= 11 is 0. The van der Waals surface area contributed by atoms with Crippen molar-refractivity contribution in [1.82, 2.24) is 9.97 Å². The highest BCUT2D eigenvalue weighted by Crippen LogP contribution is 2.23. The molecular weight excluding hydrogens is 214 g/mol. The molecular formula is C13H23N3O. The van der Waals surface area contributed by atoms with Crippen LogP contribution in [0.15, 0.2) is 6.07 Å². The number of hydrogen-bond acceptors (Lipinski definition) is 4. The second-order valence-corrected chi connectivity index (χ2v) is 4.50. The lowest BCUT2D eigenvalue weighted by molar-refractivity contribution is 0.0574. The Morgan fingerprint density at radius 2 is 2.06 bits per heavy atom. The highest BCUT2D eigenvalue weighted by Gasteiger charge is 2.19. The molecule has 0 bridgehead atoms. The van der Waals surface area contributed by atoms with E-state index in [1.54, 1.807) is 7.11 Å². The standard InChI is InChI=1S/C13H23N3O/c1-6-7-10-8-11(14-4)16-13(15-10)12(17-5)9(2)3/h8-9,12H,6-7H2,1-5H3,(H,14,15,16). The van der Waals surface area contributed by atoms with Gasteiger partial charge in [0.05, 0.1) is 0 Å². The molecule has 17 heavy (non-hydrogen) atoms. The topological polar surface area (TPSA) is 47.0 Å². The zero-order valence-corrected chi connectivity index (χ0v) is 11.4. The number of ether oxygens (including phenoxy) is 1. The number of hydrogen-bond donors (Lipinski definition) is 1. The van der Waals surface area contributed by atoms with Gasteiger partial charge in [-0.2, -0.15) is 0 Å². The molecule has 1 atom stereocenters. The number of nitrogens with zero attached hydrogens (tertiary/aromatic N) is 2. The van der Waals surface area contributed by atoms with Gasteiger partial charge in [0.1, 0.15) is 11.9 Å². The smallest absolute Gasteiger partial charge is 0.159 e. The minimum Gasteiger partial charge on any atom is -0.373 e. The van der Waals surface area contributed by atoms with Gasteiger partial charge >= 0.3 is 0 Å². The fraction of sp³-hybridized carbons (Fsp3) is 0.692. The quantitative estimate of drug-likeness (QED) is 0.826. The highest BCUT2D eigenvalue weighted by atomic mass is 16.5. The molecule has 0 aliphatic rings. The van der Waals surface area contributed by atoms with Crippen LogP contribution in [-0.4, -0.2) is 24.1 Å². The summed E-state index contributed by atoms with van der Waals surface area (Å²) in [5.74, 6) is 2.00. The molecule has 0 spiro atoms. The van der Waals surface area contributed by atoms with Gasteiger partial charge in [0.25, 0.3) is 0 Å². The number of aromatic nitrogens is 2. The molecule has 1 aromatic heterocycles. The summed E-state index contributed by atoms with van der Waals surface area (Å²) in [4.78, 5) is 9.07. The van der Waals surface area contributed by atoms with Crippen LogP contribution in [0.1, 0.15) is 44.8 Å². The van der Waals surface area contributed by atoms with Crippen molar-refractivity contribution in [3.05, 3.63) is 17.6 Å². The van der Waals surface area contributed by atoms with Crippen LogP contribution in [0, 0.1) is 5.92 Å². The van der Waals surface area contributed by atoms with Gasteiger partial charge in [-0.05, 0) is 12.3 Å². The van der Waals surface area contributed by atoms with Crippen LogP contribution >= 0.6 is 0 Å². The molecule has 4 nitrogen and oxygen atoms in total. The third-order valence-corrected chi connectivity index (χ3v) is 2.67. The van der Waals surface area contributed by atoms with E-state index in [2.05, 4.69) is 36.1 Å². The summed E-state index contributed by atoms with van der Waals surface area (Å²) in [5, 5.41) is 3.08. The fourth-order valence-electron chi connectivity index (χ4n) is 1.83. The van der Waals surface area contributed by atoms with Gasteiger partial charge in [0, 0.05) is 25.9 Å². The summed E-state index contributed by atoms with van der Waals surface area (Å²) < 4.78 is 5.48. The summed E-state index contributed by atoms with van der Waals surface area (Å²) in [6.45, 7) is 6.38. The first kappa shape index (κ1) is 13.9. The van der Waals surface area contributed by atoms with E-state index >= 15 is 0 Å².